The molecule has 1 N–H and O–H groups in total. The average Bonchev–Trinajstić information content (AvgIpc) is 3.03. The molecule has 0 atom stereocenters. The maximum atomic E-state index is 12.2. The molecule has 30 heavy (non-hydrogen) atoms. The lowest BCUT2D eigenvalue weighted by Gasteiger charge is -2.27. The van der Waals surface area contributed by atoms with Crippen molar-refractivity contribution in [2.24, 2.45) is 0 Å². The molecule has 0 bridgehead atoms. The normalized spacial score (nSPS) is 11.0. The zero-order chi connectivity index (χ0) is 21.7. The Morgan fingerprint density at radius 1 is 1.13 bits per heavy atom. The molecule has 0 aliphatic rings. The van der Waals surface area contributed by atoms with E-state index in [1.54, 1.807) is 4.57 Å². The first-order valence-corrected chi connectivity index (χ1v) is 10.1. The number of para-hydroxylation sites is 2. The number of aryl methyl sites for hydroxylation is 1. The molecule has 7 heteroatoms. The number of amides is 1. The lowest BCUT2D eigenvalue weighted by Crippen LogP contribution is -2.30. The number of carbonyl (C=O) groups is 2. The summed E-state index contributed by atoms with van der Waals surface area (Å²) >= 11 is 0. The number of rotatable bonds is 8. The van der Waals surface area contributed by atoms with Crippen LogP contribution in [0.15, 0.2) is 48.5 Å². The number of ether oxygens (including phenoxy) is 1. The van der Waals surface area contributed by atoms with Crippen molar-refractivity contribution in [3.05, 3.63) is 54.4 Å². The quantitative estimate of drug-likeness (QED) is 0.574. The molecule has 0 aliphatic heterocycles. The third-order valence-corrected chi connectivity index (χ3v) is 4.94. The lowest BCUT2D eigenvalue weighted by atomic mass is 10.2. The average molecular weight is 409 g/mol. The Bertz CT molecular complexity index is 1020. The first-order valence-electron chi connectivity index (χ1n) is 10.1. The predicted molar refractivity (Wildman–Crippen MR) is 119 cm³/mol. The lowest BCUT2D eigenvalue weighted by molar-refractivity contribution is -0.147. The largest absolute Gasteiger partial charge is 0.454 e. The Kier molecular flexibility index (Phi) is 6.72. The van der Waals surface area contributed by atoms with E-state index in [0.717, 1.165) is 29.1 Å². The summed E-state index contributed by atoms with van der Waals surface area (Å²) in [6.45, 7) is 8.81. The van der Waals surface area contributed by atoms with E-state index in [0.29, 0.717) is 11.7 Å². The number of nitrogens with one attached hydrogen (secondary N) is 1. The van der Waals surface area contributed by atoms with Crippen molar-refractivity contribution < 1.29 is 14.3 Å². The van der Waals surface area contributed by atoms with Gasteiger partial charge in [0, 0.05) is 24.0 Å². The van der Waals surface area contributed by atoms with Crippen LogP contribution in [0.1, 0.15) is 26.6 Å². The Labute approximate surface area is 176 Å². The maximum Gasteiger partial charge on any atom is 0.326 e. The minimum absolute atomic E-state index is 0.0103. The van der Waals surface area contributed by atoms with Crippen LogP contribution in [0.4, 0.5) is 11.4 Å². The van der Waals surface area contributed by atoms with Crippen LogP contribution in [0.3, 0.4) is 0 Å². The van der Waals surface area contributed by atoms with Crippen LogP contribution >= 0.6 is 0 Å². The monoisotopic (exact) mass is 408 g/mol. The molecule has 7 nitrogen and oxygen atoms in total. The van der Waals surface area contributed by atoms with Gasteiger partial charge in [-0.1, -0.05) is 12.1 Å². The summed E-state index contributed by atoms with van der Waals surface area (Å²) in [5.41, 5.74) is 3.44. The molecule has 0 spiro atoms. The van der Waals surface area contributed by atoms with Gasteiger partial charge in [0.05, 0.1) is 11.0 Å². The second-order valence-electron chi connectivity index (χ2n) is 7.37. The van der Waals surface area contributed by atoms with Crippen molar-refractivity contribution in [2.75, 3.05) is 23.4 Å². The first kappa shape index (κ1) is 21.4. The maximum absolute atomic E-state index is 12.2. The molecule has 3 rings (SSSR count). The highest BCUT2D eigenvalue weighted by molar-refractivity contribution is 5.93. The number of carbonyl (C=O) groups excluding carboxylic acids is 2. The van der Waals surface area contributed by atoms with E-state index in [9.17, 15) is 9.59 Å². The summed E-state index contributed by atoms with van der Waals surface area (Å²) in [7, 11) is 0. The van der Waals surface area contributed by atoms with Crippen molar-refractivity contribution in [3.63, 3.8) is 0 Å². The second-order valence-corrected chi connectivity index (χ2v) is 7.37. The Morgan fingerprint density at radius 3 is 2.50 bits per heavy atom. The molecule has 2 aromatic carbocycles. The standard InChI is InChI=1S/C23H28N4O3/c1-5-26(16(2)3)19-12-10-18(11-13-19)25-22(28)15-30-23(29)14-27-17(4)24-20-8-6-7-9-21(20)27/h6-13,16H,5,14-15H2,1-4H3,(H,25,28). The molecular weight excluding hydrogens is 380 g/mol. The number of fused-ring (bicyclic) bond motifs is 1. The van der Waals surface area contributed by atoms with E-state index in [1.807, 2.05) is 55.5 Å². The number of esters is 1. The number of imidazole rings is 1. The highest BCUT2D eigenvalue weighted by atomic mass is 16.5. The van der Waals surface area contributed by atoms with Gasteiger partial charge in [0.2, 0.25) is 0 Å². The van der Waals surface area contributed by atoms with Gasteiger partial charge in [-0.25, -0.2) is 4.98 Å². The van der Waals surface area contributed by atoms with Gasteiger partial charge in [-0.05, 0) is 64.1 Å². The van der Waals surface area contributed by atoms with E-state index >= 15 is 0 Å². The molecule has 0 saturated carbocycles. The molecule has 0 saturated heterocycles. The molecular formula is C23H28N4O3. The van der Waals surface area contributed by atoms with Crippen LogP contribution in [0.2, 0.25) is 0 Å². The number of hydrogen-bond acceptors (Lipinski definition) is 5. The van der Waals surface area contributed by atoms with Crippen LogP contribution in [-0.4, -0.2) is 40.6 Å². The van der Waals surface area contributed by atoms with Crippen LogP contribution in [0.25, 0.3) is 11.0 Å². The summed E-state index contributed by atoms with van der Waals surface area (Å²) < 4.78 is 6.94. The summed E-state index contributed by atoms with van der Waals surface area (Å²) in [6, 6.07) is 15.6. The van der Waals surface area contributed by atoms with E-state index in [-0.39, 0.29) is 19.1 Å². The van der Waals surface area contributed by atoms with Crippen LogP contribution in [0.5, 0.6) is 0 Å². The smallest absolute Gasteiger partial charge is 0.326 e. The second kappa shape index (κ2) is 9.43. The minimum Gasteiger partial charge on any atom is -0.454 e. The van der Waals surface area contributed by atoms with E-state index in [1.165, 1.54) is 0 Å². The number of benzene rings is 2. The number of hydrogen-bond donors (Lipinski definition) is 1. The van der Waals surface area contributed by atoms with Crippen LogP contribution in [0, 0.1) is 6.92 Å². The summed E-state index contributed by atoms with van der Waals surface area (Å²) in [5, 5.41) is 2.76. The molecule has 1 aromatic heterocycles. The van der Waals surface area contributed by atoms with Gasteiger partial charge in [-0.2, -0.15) is 0 Å². The SMILES string of the molecule is CCN(c1ccc(NC(=O)COC(=O)Cn2c(C)nc3ccccc32)cc1)C(C)C. The first-order chi connectivity index (χ1) is 14.4. The van der Waals surface area contributed by atoms with Crippen molar-refractivity contribution in [2.45, 2.75) is 40.3 Å². The van der Waals surface area contributed by atoms with Crippen LogP contribution < -0.4 is 10.2 Å². The molecule has 158 valence electrons. The van der Waals surface area contributed by atoms with E-state index in [2.05, 4.69) is 36.0 Å². The third-order valence-electron chi connectivity index (χ3n) is 4.94. The van der Waals surface area contributed by atoms with Crippen molar-refractivity contribution in [3.8, 4) is 0 Å². The number of aromatic nitrogens is 2. The Balaban J connectivity index is 1.53. The fourth-order valence-corrected chi connectivity index (χ4v) is 3.50. The summed E-state index contributed by atoms with van der Waals surface area (Å²) in [6.07, 6.45) is 0. The highest BCUT2D eigenvalue weighted by Gasteiger charge is 2.14. The van der Waals surface area contributed by atoms with Gasteiger partial charge in [0.15, 0.2) is 6.61 Å². The van der Waals surface area contributed by atoms with Crippen molar-refractivity contribution in [1.29, 1.82) is 0 Å². The van der Waals surface area contributed by atoms with Gasteiger partial charge >= 0.3 is 5.97 Å². The molecule has 3 aromatic rings. The zero-order valence-corrected chi connectivity index (χ0v) is 17.9. The third kappa shape index (κ3) is 4.97. The number of nitrogens with zero attached hydrogens (tertiary/aromatic N) is 3. The fraction of sp³-hybridized carbons (Fsp3) is 0.348. The summed E-state index contributed by atoms with van der Waals surface area (Å²) in [5.74, 6) is -0.137. The van der Waals surface area contributed by atoms with Gasteiger partial charge in [-0.15, -0.1) is 0 Å². The van der Waals surface area contributed by atoms with Crippen molar-refractivity contribution >= 4 is 34.3 Å². The van der Waals surface area contributed by atoms with Gasteiger partial charge in [0.1, 0.15) is 12.4 Å². The highest BCUT2D eigenvalue weighted by Crippen LogP contribution is 2.20. The number of anilines is 2. The van der Waals surface area contributed by atoms with Crippen LogP contribution in [-0.2, 0) is 20.9 Å². The molecule has 0 unspecified atom stereocenters. The molecule has 0 fully saturated rings. The van der Waals surface area contributed by atoms with E-state index in [4.69, 9.17) is 4.74 Å². The van der Waals surface area contributed by atoms with Gasteiger partial charge in [0.25, 0.3) is 5.91 Å². The Hall–Kier alpha value is -3.35. The van der Waals surface area contributed by atoms with Crippen molar-refractivity contribution in [1.82, 2.24) is 9.55 Å². The molecule has 0 radical (unpaired) electrons. The molecule has 0 aliphatic carbocycles. The Morgan fingerprint density at radius 2 is 1.83 bits per heavy atom. The van der Waals surface area contributed by atoms with Gasteiger partial charge < -0.3 is 19.5 Å². The fourth-order valence-electron chi connectivity index (χ4n) is 3.50. The minimum atomic E-state index is -0.484. The zero-order valence-electron chi connectivity index (χ0n) is 17.9. The topological polar surface area (TPSA) is 76.5 Å². The molecule has 1 heterocycles. The predicted octanol–water partition coefficient (Wildman–Crippen LogP) is 3.76. The van der Waals surface area contributed by atoms with Gasteiger partial charge in [-0.3, -0.25) is 9.59 Å². The summed E-state index contributed by atoms with van der Waals surface area (Å²) in [4.78, 5) is 31.1. The molecule has 1 amide bonds. The van der Waals surface area contributed by atoms with E-state index < -0.39 is 5.97 Å².